The largest absolute Gasteiger partial charge is 0.333 e. The normalized spacial score (nSPS) is 11.2. The number of aromatic nitrogens is 2. The Balaban J connectivity index is 1.84. The molecule has 0 saturated carbocycles. The molecule has 0 spiro atoms. The summed E-state index contributed by atoms with van der Waals surface area (Å²) in [5.41, 5.74) is 5.65. The van der Waals surface area contributed by atoms with Crippen LogP contribution in [0.15, 0.2) is 35.5 Å². The molecule has 0 atom stereocenters. The molecule has 2 nitrogen and oxygen atoms in total. The minimum absolute atomic E-state index is 0.656. The highest BCUT2D eigenvalue weighted by Crippen LogP contribution is 2.29. The Morgan fingerprint density at radius 1 is 1.14 bits per heavy atom. The third kappa shape index (κ3) is 3.05. The zero-order valence-corrected chi connectivity index (χ0v) is 14.0. The predicted octanol–water partition coefficient (Wildman–Crippen LogP) is 5.78. The van der Waals surface area contributed by atoms with Gasteiger partial charge in [0.25, 0.3) is 0 Å². The van der Waals surface area contributed by atoms with Crippen LogP contribution in [0.5, 0.6) is 0 Å². The van der Waals surface area contributed by atoms with E-state index in [0.29, 0.717) is 10.0 Å². The molecule has 1 heterocycles. The molecule has 0 amide bonds. The van der Waals surface area contributed by atoms with Gasteiger partial charge in [-0.15, -0.1) is 0 Å². The highest BCUT2D eigenvalue weighted by atomic mass is 35.5. The van der Waals surface area contributed by atoms with Crippen molar-refractivity contribution in [2.45, 2.75) is 24.8 Å². The first kappa shape index (κ1) is 14.8. The fraction of sp³-hybridized carbons (Fsp3) is 0.188. The van der Waals surface area contributed by atoms with Gasteiger partial charge in [-0.3, -0.25) is 0 Å². The molecule has 0 aliphatic heterocycles. The number of aromatic amines is 1. The molecule has 108 valence electrons. The molecule has 1 aromatic heterocycles. The van der Waals surface area contributed by atoms with Gasteiger partial charge in [0.15, 0.2) is 5.16 Å². The molecule has 21 heavy (non-hydrogen) atoms. The highest BCUT2D eigenvalue weighted by Gasteiger charge is 2.09. The number of rotatable bonds is 3. The van der Waals surface area contributed by atoms with Gasteiger partial charge >= 0.3 is 0 Å². The van der Waals surface area contributed by atoms with Crippen molar-refractivity contribution in [3.05, 3.63) is 57.1 Å². The van der Waals surface area contributed by atoms with Crippen LogP contribution in [0.3, 0.4) is 0 Å². The zero-order chi connectivity index (χ0) is 15.0. The molecule has 0 unspecified atom stereocenters. The molecule has 1 N–H and O–H groups in total. The van der Waals surface area contributed by atoms with Crippen molar-refractivity contribution < 1.29 is 0 Å². The number of halogens is 2. The van der Waals surface area contributed by atoms with Crippen molar-refractivity contribution in [1.29, 1.82) is 0 Å². The quantitative estimate of drug-likeness (QED) is 0.614. The second kappa shape index (κ2) is 5.91. The molecule has 5 heteroatoms. The molecule has 3 rings (SSSR count). The molecule has 0 aliphatic rings. The van der Waals surface area contributed by atoms with E-state index in [1.807, 2.05) is 12.1 Å². The molecule has 0 saturated heterocycles. The molecule has 0 bridgehead atoms. The van der Waals surface area contributed by atoms with Crippen molar-refractivity contribution in [1.82, 2.24) is 9.97 Å². The lowest BCUT2D eigenvalue weighted by Crippen LogP contribution is -1.84. The van der Waals surface area contributed by atoms with Gasteiger partial charge in [0.1, 0.15) is 0 Å². The summed E-state index contributed by atoms with van der Waals surface area (Å²) in [6, 6.07) is 9.76. The minimum atomic E-state index is 0.656. The number of nitrogens with one attached hydrogen (secondary N) is 1. The number of fused-ring (bicyclic) bond motifs is 1. The van der Waals surface area contributed by atoms with Crippen molar-refractivity contribution >= 4 is 46.0 Å². The lowest BCUT2D eigenvalue weighted by Gasteiger charge is -2.02. The van der Waals surface area contributed by atoms with Gasteiger partial charge in [-0.05, 0) is 48.7 Å². The summed E-state index contributed by atoms with van der Waals surface area (Å²) in [5.74, 6) is 0.758. The number of H-pyrrole nitrogens is 1. The van der Waals surface area contributed by atoms with Crippen molar-refractivity contribution in [2.24, 2.45) is 0 Å². The van der Waals surface area contributed by atoms with Gasteiger partial charge in [-0.1, -0.05) is 47.1 Å². The Kier molecular flexibility index (Phi) is 4.16. The third-order valence-corrected chi connectivity index (χ3v) is 5.05. The maximum Gasteiger partial charge on any atom is 0.166 e. The first-order valence-electron chi connectivity index (χ1n) is 6.57. The fourth-order valence-electron chi connectivity index (χ4n) is 2.14. The fourth-order valence-corrected chi connectivity index (χ4v) is 3.58. The maximum atomic E-state index is 6.19. The number of hydrogen-bond donors (Lipinski definition) is 1. The number of aryl methyl sites for hydroxylation is 2. The minimum Gasteiger partial charge on any atom is -0.333 e. The summed E-state index contributed by atoms with van der Waals surface area (Å²) >= 11 is 13.7. The van der Waals surface area contributed by atoms with Crippen molar-refractivity contribution in [3.8, 4) is 0 Å². The van der Waals surface area contributed by atoms with E-state index in [2.05, 4.69) is 35.9 Å². The second-order valence-corrected chi connectivity index (χ2v) is 6.78. The number of thioether (sulfide) groups is 1. The molecule has 0 aliphatic carbocycles. The molecule has 2 aromatic carbocycles. The first-order valence-corrected chi connectivity index (χ1v) is 8.31. The first-order chi connectivity index (χ1) is 10.0. The molecule has 0 fully saturated rings. The predicted molar refractivity (Wildman–Crippen MR) is 91.6 cm³/mol. The topological polar surface area (TPSA) is 28.7 Å². The summed E-state index contributed by atoms with van der Waals surface area (Å²) in [6.45, 7) is 4.20. The van der Waals surface area contributed by atoms with Crippen LogP contribution in [0, 0.1) is 13.8 Å². The van der Waals surface area contributed by atoms with Crippen molar-refractivity contribution in [3.63, 3.8) is 0 Å². The van der Waals surface area contributed by atoms with Crippen LogP contribution in [0.4, 0.5) is 0 Å². The van der Waals surface area contributed by atoms with Gasteiger partial charge in [0.05, 0.1) is 11.0 Å². The average molecular weight is 337 g/mol. The van der Waals surface area contributed by atoms with E-state index in [1.54, 1.807) is 17.8 Å². The van der Waals surface area contributed by atoms with E-state index in [0.717, 1.165) is 27.5 Å². The van der Waals surface area contributed by atoms with Crippen LogP contribution in [0.1, 0.15) is 16.7 Å². The van der Waals surface area contributed by atoms with Crippen LogP contribution in [-0.2, 0) is 5.75 Å². The maximum absolute atomic E-state index is 6.19. The third-order valence-electron chi connectivity index (χ3n) is 3.54. The van der Waals surface area contributed by atoms with E-state index in [-0.39, 0.29) is 0 Å². The number of imidazole rings is 1. The summed E-state index contributed by atoms with van der Waals surface area (Å²) in [5, 5.41) is 2.26. The van der Waals surface area contributed by atoms with Crippen molar-refractivity contribution in [2.75, 3.05) is 0 Å². The second-order valence-electron chi connectivity index (χ2n) is 4.97. The Hall–Kier alpha value is -1.16. The lowest BCUT2D eigenvalue weighted by atomic mass is 10.1. The standard InChI is InChI=1S/C16H14Cl2N2S/c1-9-3-6-14-15(10(9)2)20-16(19-14)21-8-11-4-5-12(17)7-13(11)18/h3-7H,8H2,1-2H3,(H,19,20). The Labute approximate surface area is 137 Å². The van der Waals surface area contributed by atoms with Crippen LogP contribution in [0.25, 0.3) is 11.0 Å². The number of benzene rings is 2. The lowest BCUT2D eigenvalue weighted by molar-refractivity contribution is 1.08. The summed E-state index contributed by atoms with van der Waals surface area (Å²) in [6.07, 6.45) is 0. The van der Waals surface area contributed by atoms with Crippen LogP contribution < -0.4 is 0 Å². The molecular formula is C16H14Cl2N2S. The van der Waals surface area contributed by atoms with Crippen LogP contribution in [-0.4, -0.2) is 9.97 Å². The molecule has 3 aromatic rings. The average Bonchev–Trinajstić information content (AvgIpc) is 2.86. The van der Waals surface area contributed by atoms with E-state index in [1.165, 1.54) is 11.1 Å². The smallest absolute Gasteiger partial charge is 0.166 e. The van der Waals surface area contributed by atoms with Gasteiger partial charge in [0, 0.05) is 15.8 Å². The van der Waals surface area contributed by atoms with Gasteiger partial charge < -0.3 is 4.98 Å². The van der Waals surface area contributed by atoms with E-state index >= 15 is 0 Å². The number of nitrogens with zero attached hydrogens (tertiary/aromatic N) is 1. The Bertz CT molecular complexity index is 811. The SMILES string of the molecule is Cc1ccc2[nH]c(SCc3ccc(Cl)cc3Cl)nc2c1C. The number of hydrogen-bond acceptors (Lipinski definition) is 2. The van der Waals surface area contributed by atoms with E-state index < -0.39 is 0 Å². The summed E-state index contributed by atoms with van der Waals surface area (Å²) < 4.78 is 0. The van der Waals surface area contributed by atoms with E-state index in [4.69, 9.17) is 23.2 Å². The van der Waals surface area contributed by atoms with E-state index in [9.17, 15) is 0 Å². The monoisotopic (exact) mass is 336 g/mol. The van der Waals surface area contributed by atoms with Gasteiger partial charge in [0.2, 0.25) is 0 Å². The van der Waals surface area contributed by atoms with Crippen LogP contribution >= 0.6 is 35.0 Å². The zero-order valence-electron chi connectivity index (χ0n) is 11.7. The summed E-state index contributed by atoms with van der Waals surface area (Å²) in [4.78, 5) is 8.02. The highest BCUT2D eigenvalue weighted by molar-refractivity contribution is 7.98. The molecule has 0 radical (unpaired) electrons. The Morgan fingerprint density at radius 2 is 1.95 bits per heavy atom. The van der Waals surface area contributed by atoms with Gasteiger partial charge in [-0.2, -0.15) is 0 Å². The Morgan fingerprint density at radius 3 is 2.71 bits per heavy atom. The summed E-state index contributed by atoms with van der Waals surface area (Å²) in [7, 11) is 0. The molecular weight excluding hydrogens is 323 g/mol. The van der Waals surface area contributed by atoms with Crippen LogP contribution in [0.2, 0.25) is 10.0 Å². The van der Waals surface area contributed by atoms with Gasteiger partial charge in [-0.25, -0.2) is 4.98 Å².